The SMILES string of the molecule is O=c1ccc(-c2nccs2)cn1-c1ccccc1. The number of nitrogens with zero attached hydrogens (tertiary/aromatic N) is 2. The van der Waals surface area contributed by atoms with Crippen molar-refractivity contribution >= 4 is 11.3 Å². The van der Waals surface area contributed by atoms with Gasteiger partial charge in [0.2, 0.25) is 0 Å². The summed E-state index contributed by atoms with van der Waals surface area (Å²) in [5.41, 5.74) is 1.77. The lowest BCUT2D eigenvalue weighted by molar-refractivity contribution is 0.992. The van der Waals surface area contributed by atoms with Gasteiger partial charge in [0.25, 0.3) is 5.56 Å². The van der Waals surface area contributed by atoms with Gasteiger partial charge in [-0.15, -0.1) is 11.3 Å². The van der Waals surface area contributed by atoms with Crippen molar-refractivity contribution < 1.29 is 0 Å². The van der Waals surface area contributed by atoms with Gasteiger partial charge in [-0.3, -0.25) is 9.36 Å². The fourth-order valence-corrected chi connectivity index (χ4v) is 2.40. The molecule has 3 nitrogen and oxygen atoms in total. The van der Waals surface area contributed by atoms with Gasteiger partial charge in [0, 0.05) is 35.1 Å². The minimum absolute atomic E-state index is 0.0403. The molecule has 3 rings (SSSR count). The zero-order valence-electron chi connectivity index (χ0n) is 9.48. The summed E-state index contributed by atoms with van der Waals surface area (Å²) in [6.45, 7) is 0. The fourth-order valence-electron chi connectivity index (χ4n) is 1.77. The van der Waals surface area contributed by atoms with Crippen LogP contribution in [-0.2, 0) is 0 Å². The third kappa shape index (κ3) is 1.98. The Bertz CT molecular complexity index is 702. The number of aromatic nitrogens is 2. The maximum atomic E-state index is 11.9. The van der Waals surface area contributed by atoms with Gasteiger partial charge in [-0.25, -0.2) is 4.98 Å². The van der Waals surface area contributed by atoms with Crippen LogP contribution in [0, 0.1) is 0 Å². The van der Waals surface area contributed by atoms with Crippen molar-refractivity contribution in [2.45, 2.75) is 0 Å². The monoisotopic (exact) mass is 254 g/mol. The Morgan fingerprint density at radius 3 is 2.61 bits per heavy atom. The Kier molecular flexibility index (Phi) is 2.78. The molecule has 0 aliphatic heterocycles. The number of hydrogen-bond donors (Lipinski definition) is 0. The molecule has 0 fully saturated rings. The fraction of sp³-hybridized carbons (Fsp3) is 0. The molecule has 0 N–H and O–H groups in total. The predicted molar refractivity (Wildman–Crippen MR) is 73.1 cm³/mol. The van der Waals surface area contributed by atoms with E-state index in [1.54, 1.807) is 34.2 Å². The van der Waals surface area contributed by atoms with Gasteiger partial charge in [-0.2, -0.15) is 0 Å². The van der Waals surface area contributed by atoms with Crippen molar-refractivity contribution in [1.82, 2.24) is 9.55 Å². The first-order valence-electron chi connectivity index (χ1n) is 5.52. The third-order valence-electron chi connectivity index (χ3n) is 2.62. The molecule has 4 heteroatoms. The molecular weight excluding hydrogens is 244 g/mol. The highest BCUT2D eigenvalue weighted by Crippen LogP contribution is 2.20. The maximum absolute atomic E-state index is 11.9. The van der Waals surface area contributed by atoms with Gasteiger partial charge in [0.05, 0.1) is 0 Å². The second-order valence-corrected chi connectivity index (χ2v) is 4.69. The maximum Gasteiger partial charge on any atom is 0.255 e. The predicted octanol–water partition coefficient (Wildman–Crippen LogP) is 2.96. The molecule has 0 bridgehead atoms. The second kappa shape index (κ2) is 4.58. The molecule has 0 aliphatic carbocycles. The molecule has 0 spiro atoms. The Morgan fingerprint density at radius 2 is 1.89 bits per heavy atom. The van der Waals surface area contributed by atoms with Gasteiger partial charge in [0.1, 0.15) is 5.01 Å². The Balaban J connectivity index is 2.16. The standard InChI is InChI=1S/C14H10N2OS/c17-13-7-6-11(14-15-8-9-18-14)10-16(13)12-4-2-1-3-5-12/h1-10H. The normalized spacial score (nSPS) is 10.4. The number of rotatable bonds is 2. The van der Waals surface area contributed by atoms with Crippen LogP contribution < -0.4 is 5.56 Å². The van der Waals surface area contributed by atoms with Crippen LogP contribution >= 0.6 is 11.3 Å². The van der Waals surface area contributed by atoms with Crippen molar-refractivity contribution in [3.05, 3.63) is 70.6 Å². The average Bonchev–Trinajstić information content (AvgIpc) is 2.94. The van der Waals surface area contributed by atoms with E-state index in [0.29, 0.717) is 0 Å². The van der Waals surface area contributed by atoms with Crippen LogP contribution in [0.2, 0.25) is 0 Å². The summed E-state index contributed by atoms with van der Waals surface area (Å²) in [6, 6.07) is 13.0. The summed E-state index contributed by atoms with van der Waals surface area (Å²) in [4.78, 5) is 16.1. The zero-order valence-corrected chi connectivity index (χ0v) is 10.3. The highest BCUT2D eigenvalue weighted by molar-refractivity contribution is 7.13. The molecule has 0 atom stereocenters. The Hall–Kier alpha value is -2.20. The lowest BCUT2D eigenvalue weighted by Gasteiger charge is -2.06. The van der Waals surface area contributed by atoms with Gasteiger partial charge < -0.3 is 0 Å². The second-order valence-electron chi connectivity index (χ2n) is 3.80. The average molecular weight is 254 g/mol. The van der Waals surface area contributed by atoms with Crippen LogP contribution in [0.25, 0.3) is 16.3 Å². The Labute approximate surface area is 108 Å². The lowest BCUT2D eigenvalue weighted by Crippen LogP contribution is -2.16. The van der Waals surface area contributed by atoms with E-state index in [1.165, 1.54) is 0 Å². The number of thiazole rings is 1. The number of hydrogen-bond acceptors (Lipinski definition) is 3. The molecular formula is C14H10N2OS. The summed E-state index contributed by atoms with van der Waals surface area (Å²) in [5.74, 6) is 0. The molecule has 0 amide bonds. The summed E-state index contributed by atoms with van der Waals surface area (Å²) in [7, 11) is 0. The summed E-state index contributed by atoms with van der Waals surface area (Å²) in [6.07, 6.45) is 3.59. The minimum Gasteiger partial charge on any atom is -0.284 e. The first-order valence-corrected chi connectivity index (χ1v) is 6.40. The van der Waals surface area contributed by atoms with E-state index in [2.05, 4.69) is 4.98 Å². The minimum atomic E-state index is -0.0403. The molecule has 18 heavy (non-hydrogen) atoms. The molecule has 0 unspecified atom stereocenters. The highest BCUT2D eigenvalue weighted by atomic mass is 32.1. The summed E-state index contributed by atoms with van der Waals surface area (Å²) in [5, 5.41) is 2.84. The van der Waals surface area contributed by atoms with Crippen LogP contribution in [0.4, 0.5) is 0 Å². The Morgan fingerprint density at radius 1 is 1.06 bits per heavy atom. The molecule has 2 aromatic heterocycles. The molecule has 1 aromatic carbocycles. The molecule has 0 radical (unpaired) electrons. The first kappa shape index (κ1) is 10.9. The van der Waals surface area contributed by atoms with Gasteiger partial charge in [0.15, 0.2) is 0 Å². The number of para-hydroxylation sites is 1. The van der Waals surface area contributed by atoms with Crippen molar-refractivity contribution in [2.24, 2.45) is 0 Å². The molecule has 3 aromatic rings. The molecule has 88 valence electrons. The van der Waals surface area contributed by atoms with Crippen molar-refractivity contribution in [2.75, 3.05) is 0 Å². The molecule has 2 heterocycles. The van der Waals surface area contributed by atoms with E-state index in [-0.39, 0.29) is 5.56 Å². The van der Waals surface area contributed by atoms with Gasteiger partial charge >= 0.3 is 0 Å². The largest absolute Gasteiger partial charge is 0.284 e. The van der Waals surface area contributed by atoms with Crippen molar-refractivity contribution in [1.29, 1.82) is 0 Å². The van der Waals surface area contributed by atoms with E-state index < -0.39 is 0 Å². The summed E-state index contributed by atoms with van der Waals surface area (Å²) >= 11 is 1.56. The van der Waals surface area contributed by atoms with E-state index in [1.807, 2.05) is 41.9 Å². The van der Waals surface area contributed by atoms with Gasteiger partial charge in [-0.05, 0) is 18.2 Å². The third-order valence-corrected chi connectivity index (χ3v) is 3.45. The van der Waals surface area contributed by atoms with E-state index in [9.17, 15) is 4.79 Å². The topological polar surface area (TPSA) is 34.9 Å². The number of benzene rings is 1. The van der Waals surface area contributed by atoms with Crippen LogP contribution in [-0.4, -0.2) is 9.55 Å². The molecule has 0 saturated heterocycles. The molecule has 0 aliphatic rings. The van der Waals surface area contributed by atoms with Crippen molar-refractivity contribution in [3.8, 4) is 16.3 Å². The van der Waals surface area contributed by atoms with Gasteiger partial charge in [-0.1, -0.05) is 18.2 Å². The van der Waals surface area contributed by atoms with Crippen LogP contribution in [0.5, 0.6) is 0 Å². The first-order chi connectivity index (χ1) is 8.84. The van der Waals surface area contributed by atoms with E-state index in [4.69, 9.17) is 0 Å². The number of pyridine rings is 1. The molecule has 0 saturated carbocycles. The summed E-state index contributed by atoms with van der Waals surface area (Å²) < 4.78 is 1.64. The zero-order chi connectivity index (χ0) is 12.4. The quantitative estimate of drug-likeness (QED) is 0.704. The van der Waals surface area contributed by atoms with Crippen LogP contribution in [0.1, 0.15) is 0 Å². The smallest absolute Gasteiger partial charge is 0.255 e. The lowest BCUT2D eigenvalue weighted by atomic mass is 10.2. The van der Waals surface area contributed by atoms with E-state index >= 15 is 0 Å². The van der Waals surface area contributed by atoms with Crippen LogP contribution in [0.3, 0.4) is 0 Å². The van der Waals surface area contributed by atoms with E-state index in [0.717, 1.165) is 16.3 Å². The van der Waals surface area contributed by atoms with Crippen molar-refractivity contribution in [3.63, 3.8) is 0 Å². The van der Waals surface area contributed by atoms with Crippen LogP contribution in [0.15, 0.2) is 65.0 Å². The highest BCUT2D eigenvalue weighted by Gasteiger charge is 2.04.